The lowest BCUT2D eigenvalue weighted by Crippen LogP contribution is -2.43. The van der Waals surface area contributed by atoms with E-state index in [1.165, 1.54) is 12.8 Å². The number of carbonyl (C=O) groups excluding carboxylic acids is 1. The molecular formula is C12H17N3O. The third-order valence-corrected chi connectivity index (χ3v) is 2.86. The van der Waals surface area contributed by atoms with Crippen molar-refractivity contribution >= 4 is 5.91 Å². The highest BCUT2D eigenvalue weighted by molar-refractivity contribution is 5.93. The summed E-state index contributed by atoms with van der Waals surface area (Å²) in [5.41, 5.74) is 0.672. The monoisotopic (exact) mass is 219 g/mol. The maximum Gasteiger partial charge on any atom is 0.251 e. The first-order valence-electron chi connectivity index (χ1n) is 5.78. The molecule has 2 heterocycles. The van der Waals surface area contributed by atoms with E-state index in [4.69, 9.17) is 0 Å². The van der Waals surface area contributed by atoms with Crippen molar-refractivity contribution in [1.29, 1.82) is 0 Å². The smallest absolute Gasteiger partial charge is 0.251 e. The summed E-state index contributed by atoms with van der Waals surface area (Å²) in [4.78, 5) is 15.6. The average molecular weight is 219 g/mol. The number of nitrogens with zero attached hydrogens (tertiary/aromatic N) is 1. The van der Waals surface area contributed by atoms with Crippen LogP contribution in [0.25, 0.3) is 0 Å². The van der Waals surface area contributed by atoms with Gasteiger partial charge in [-0.05, 0) is 31.5 Å². The fourth-order valence-electron chi connectivity index (χ4n) is 1.92. The van der Waals surface area contributed by atoms with Crippen molar-refractivity contribution in [1.82, 2.24) is 15.6 Å². The molecule has 2 rings (SSSR count). The highest BCUT2D eigenvalue weighted by Gasteiger charge is 2.13. The highest BCUT2D eigenvalue weighted by atomic mass is 16.1. The number of hydrogen-bond acceptors (Lipinski definition) is 3. The van der Waals surface area contributed by atoms with E-state index < -0.39 is 0 Å². The molecule has 1 aromatic heterocycles. The summed E-state index contributed by atoms with van der Waals surface area (Å²) in [5, 5.41) is 6.34. The molecule has 0 bridgehead atoms. The van der Waals surface area contributed by atoms with E-state index in [1.807, 2.05) is 0 Å². The zero-order valence-corrected chi connectivity index (χ0v) is 9.28. The molecule has 2 N–H and O–H groups in total. The second kappa shape index (κ2) is 5.61. The molecule has 0 radical (unpaired) electrons. The Bertz CT molecular complexity index is 333. The minimum atomic E-state index is -0.0187. The van der Waals surface area contributed by atoms with Gasteiger partial charge in [-0.2, -0.15) is 0 Å². The van der Waals surface area contributed by atoms with Crippen molar-refractivity contribution in [2.75, 3.05) is 13.1 Å². The minimum absolute atomic E-state index is 0.0187. The third kappa shape index (κ3) is 3.03. The van der Waals surface area contributed by atoms with Gasteiger partial charge in [0.25, 0.3) is 5.91 Å². The van der Waals surface area contributed by atoms with Crippen molar-refractivity contribution in [2.45, 2.75) is 25.3 Å². The van der Waals surface area contributed by atoms with Gasteiger partial charge in [-0.3, -0.25) is 9.78 Å². The SMILES string of the molecule is O=C(NCC1CCCCN1)c1ccncc1. The van der Waals surface area contributed by atoms with Crippen LogP contribution >= 0.6 is 0 Å². The van der Waals surface area contributed by atoms with Crippen LogP contribution in [0.5, 0.6) is 0 Å². The lowest BCUT2D eigenvalue weighted by Gasteiger charge is -2.23. The van der Waals surface area contributed by atoms with Gasteiger partial charge >= 0.3 is 0 Å². The molecule has 0 saturated carbocycles. The Kier molecular flexibility index (Phi) is 3.88. The number of aromatic nitrogens is 1. The van der Waals surface area contributed by atoms with Gasteiger partial charge in [0.2, 0.25) is 0 Å². The fourth-order valence-corrected chi connectivity index (χ4v) is 1.92. The van der Waals surface area contributed by atoms with Crippen LogP contribution in [0.3, 0.4) is 0 Å². The summed E-state index contributed by atoms with van der Waals surface area (Å²) in [5.74, 6) is -0.0187. The molecule has 4 heteroatoms. The van der Waals surface area contributed by atoms with Crippen LogP contribution in [-0.4, -0.2) is 30.0 Å². The van der Waals surface area contributed by atoms with E-state index in [0.717, 1.165) is 13.0 Å². The lowest BCUT2D eigenvalue weighted by molar-refractivity contribution is 0.0947. The molecular weight excluding hydrogens is 202 g/mol. The van der Waals surface area contributed by atoms with Gasteiger partial charge in [0.15, 0.2) is 0 Å². The van der Waals surface area contributed by atoms with Gasteiger partial charge in [0.1, 0.15) is 0 Å². The minimum Gasteiger partial charge on any atom is -0.350 e. The number of rotatable bonds is 3. The predicted octanol–water partition coefficient (Wildman–Crippen LogP) is 0.953. The summed E-state index contributed by atoms with van der Waals surface area (Å²) in [6, 6.07) is 3.88. The zero-order chi connectivity index (χ0) is 11.2. The number of hydrogen-bond donors (Lipinski definition) is 2. The first-order valence-corrected chi connectivity index (χ1v) is 5.78. The number of carbonyl (C=O) groups is 1. The van der Waals surface area contributed by atoms with Crippen LogP contribution in [0.2, 0.25) is 0 Å². The largest absolute Gasteiger partial charge is 0.350 e. The van der Waals surface area contributed by atoms with E-state index in [1.54, 1.807) is 24.5 Å². The summed E-state index contributed by atoms with van der Waals surface area (Å²) in [6.07, 6.45) is 6.91. The molecule has 1 atom stereocenters. The molecule has 86 valence electrons. The summed E-state index contributed by atoms with van der Waals surface area (Å²) >= 11 is 0. The molecule has 1 amide bonds. The molecule has 1 saturated heterocycles. The Balaban J connectivity index is 1.79. The van der Waals surface area contributed by atoms with E-state index >= 15 is 0 Å². The highest BCUT2D eigenvalue weighted by Crippen LogP contribution is 2.06. The normalized spacial score (nSPS) is 20.4. The molecule has 1 fully saturated rings. The molecule has 0 aromatic carbocycles. The molecule has 1 aliphatic rings. The quantitative estimate of drug-likeness (QED) is 0.796. The van der Waals surface area contributed by atoms with Gasteiger partial charge in [0, 0.05) is 30.5 Å². The van der Waals surface area contributed by atoms with E-state index in [0.29, 0.717) is 18.2 Å². The first kappa shape index (κ1) is 11.1. The molecule has 1 aromatic rings. The second-order valence-electron chi connectivity index (χ2n) is 4.09. The van der Waals surface area contributed by atoms with E-state index in [2.05, 4.69) is 15.6 Å². The van der Waals surface area contributed by atoms with Gasteiger partial charge in [-0.15, -0.1) is 0 Å². The van der Waals surface area contributed by atoms with Crippen LogP contribution in [0.4, 0.5) is 0 Å². The van der Waals surface area contributed by atoms with Crippen LogP contribution in [-0.2, 0) is 0 Å². The summed E-state index contributed by atoms with van der Waals surface area (Å²) in [7, 11) is 0. The number of amides is 1. The Labute approximate surface area is 95.5 Å². The van der Waals surface area contributed by atoms with Gasteiger partial charge < -0.3 is 10.6 Å². The average Bonchev–Trinajstić information content (AvgIpc) is 2.38. The topological polar surface area (TPSA) is 54.0 Å². The van der Waals surface area contributed by atoms with Crippen molar-refractivity contribution in [2.24, 2.45) is 0 Å². The van der Waals surface area contributed by atoms with Crippen molar-refractivity contribution < 1.29 is 4.79 Å². The zero-order valence-electron chi connectivity index (χ0n) is 9.28. The van der Waals surface area contributed by atoms with Gasteiger partial charge in [-0.1, -0.05) is 6.42 Å². The summed E-state index contributed by atoms with van der Waals surface area (Å²) < 4.78 is 0. The fraction of sp³-hybridized carbons (Fsp3) is 0.500. The number of nitrogens with one attached hydrogen (secondary N) is 2. The van der Waals surface area contributed by atoms with Crippen LogP contribution in [0.1, 0.15) is 29.6 Å². The van der Waals surface area contributed by atoms with Crippen LogP contribution < -0.4 is 10.6 Å². The predicted molar refractivity (Wildman–Crippen MR) is 62.2 cm³/mol. The Morgan fingerprint density at radius 3 is 2.94 bits per heavy atom. The Hall–Kier alpha value is -1.42. The lowest BCUT2D eigenvalue weighted by atomic mass is 10.1. The van der Waals surface area contributed by atoms with Crippen LogP contribution in [0.15, 0.2) is 24.5 Å². The molecule has 0 spiro atoms. The standard InChI is InChI=1S/C12H17N3O/c16-12(10-4-7-13-8-5-10)15-9-11-3-1-2-6-14-11/h4-5,7-8,11,14H,1-3,6,9H2,(H,15,16). The molecule has 0 aliphatic carbocycles. The maximum absolute atomic E-state index is 11.7. The molecule has 4 nitrogen and oxygen atoms in total. The molecule has 1 unspecified atom stereocenters. The molecule has 1 aliphatic heterocycles. The molecule has 16 heavy (non-hydrogen) atoms. The van der Waals surface area contributed by atoms with Gasteiger partial charge in [0.05, 0.1) is 0 Å². The third-order valence-electron chi connectivity index (χ3n) is 2.86. The number of piperidine rings is 1. The van der Waals surface area contributed by atoms with E-state index in [9.17, 15) is 4.79 Å². The maximum atomic E-state index is 11.7. The Morgan fingerprint density at radius 1 is 1.44 bits per heavy atom. The van der Waals surface area contributed by atoms with Crippen molar-refractivity contribution in [3.63, 3.8) is 0 Å². The van der Waals surface area contributed by atoms with Gasteiger partial charge in [-0.25, -0.2) is 0 Å². The number of pyridine rings is 1. The first-order chi connectivity index (χ1) is 7.86. The summed E-state index contributed by atoms with van der Waals surface area (Å²) in [6.45, 7) is 1.77. The second-order valence-corrected chi connectivity index (χ2v) is 4.09. The van der Waals surface area contributed by atoms with Crippen molar-refractivity contribution in [3.05, 3.63) is 30.1 Å². The van der Waals surface area contributed by atoms with E-state index in [-0.39, 0.29) is 5.91 Å². The van der Waals surface area contributed by atoms with Crippen molar-refractivity contribution in [3.8, 4) is 0 Å². The van der Waals surface area contributed by atoms with Crippen LogP contribution in [0, 0.1) is 0 Å². The Morgan fingerprint density at radius 2 is 2.25 bits per heavy atom.